The van der Waals surface area contributed by atoms with Crippen LogP contribution in [0.15, 0.2) is 23.1 Å². The molecule has 0 saturated carbocycles. The van der Waals surface area contributed by atoms with Crippen LogP contribution in [0, 0.1) is 6.92 Å². The number of thiocarbonyl (C=S) groups is 1. The van der Waals surface area contributed by atoms with Crippen molar-refractivity contribution in [2.24, 2.45) is 5.73 Å². The molecule has 1 rings (SSSR count). The standard InChI is InChI=1S/C13H20N2O3S2/c1-3-15(7-4-8-16)20(17,18)11-5-6-12(13(14)19)10(2)9-11/h5-6,9,16H,3-4,7-8H2,1-2H3,(H2,14,19). The zero-order valence-electron chi connectivity index (χ0n) is 11.7. The van der Waals surface area contributed by atoms with Crippen LogP contribution in [0.5, 0.6) is 0 Å². The average Bonchev–Trinajstić information content (AvgIpc) is 2.38. The summed E-state index contributed by atoms with van der Waals surface area (Å²) in [7, 11) is -3.55. The molecule has 0 radical (unpaired) electrons. The molecule has 0 amide bonds. The number of rotatable bonds is 7. The highest BCUT2D eigenvalue weighted by atomic mass is 32.2. The number of aliphatic hydroxyl groups is 1. The van der Waals surface area contributed by atoms with Gasteiger partial charge >= 0.3 is 0 Å². The molecule has 0 spiro atoms. The Hall–Kier alpha value is -1.02. The third kappa shape index (κ3) is 3.76. The molecular weight excluding hydrogens is 296 g/mol. The summed E-state index contributed by atoms with van der Waals surface area (Å²) in [6.07, 6.45) is 0.414. The van der Waals surface area contributed by atoms with Crippen LogP contribution in [0.25, 0.3) is 0 Å². The van der Waals surface area contributed by atoms with E-state index in [2.05, 4.69) is 0 Å². The highest BCUT2D eigenvalue weighted by Gasteiger charge is 2.23. The van der Waals surface area contributed by atoms with Crippen LogP contribution in [0.1, 0.15) is 24.5 Å². The molecule has 0 aliphatic heterocycles. The van der Waals surface area contributed by atoms with E-state index in [9.17, 15) is 8.42 Å². The Morgan fingerprint density at radius 3 is 2.55 bits per heavy atom. The van der Waals surface area contributed by atoms with Crippen molar-refractivity contribution in [3.05, 3.63) is 29.3 Å². The van der Waals surface area contributed by atoms with Gasteiger partial charge in [0.05, 0.1) is 4.90 Å². The molecule has 0 fully saturated rings. The first-order valence-corrected chi connectivity index (χ1v) is 8.20. The second-order valence-corrected chi connectivity index (χ2v) is 6.79. The van der Waals surface area contributed by atoms with Crippen molar-refractivity contribution in [2.75, 3.05) is 19.7 Å². The maximum atomic E-state index is 12.5. The fourth-order valence-corrected chi connectivity index (χ4v) is 3.72. The highest BCUT2D eigenvalue weighted by Crippen LogP contribution is 2.19. The van der Waals surface area contributed by atoms with E-state index in [1.54, 1.807) is 26.0 Å². The number of benzene rings is 1. The Balaban J connectivity index is 3.15. The fraction of sp³-hybridized carbons (Fsp3) is 0.462. The molecule has 0 atom stereocenters. The minimum atomic E-state index is -3.55. The van der Waals surface area contributed by atoms with Crippen molar-refractivity contribution < 1.29 is 13.5 Å². The minimum absolute atomic E-state index is 0.0363. The van der Waals surface area contributed by atoms with Crippen LogP contribution in [-0.2, 0) is 10.0 Å². The summed E-state index contributed by atoms with van der Waals surface area (Å²) in [6.45, 7) is 4.16. The number of nitrogens with zero attached hydrogens (tertiary/aromatic N) is 1. The molecule has 1 aromatic carbocycles. The van der Waals surface area contributed by atoms with Gasteiger partial charge in [-0.05, 0) is 31.0 Å². The molecule has 0 saturated heterocycles. The lowest BCUT2D eigenvalue weighted by Crippen LogP contribution is -2.32. The molecule has 0 unspecified atom stereocenters. The van der Waals surface area contributed by atoms with Gasteiger partial charge in [0.25, 0.3) is 0 Å². The lowest BCUT2D eigenvalue weighted by atomic mass is 10.1. The number of nitrogens with two attached hydrogens (primary N) is 1. The summed E-state index contributed by atoms with van der Waals surface area (Å²) < 4.78 is 26.3. The summed E-state index contributed by atoms with van der Waals surface area (Å²) in [4.78, 5) is 0.467. The van der Waals surface area contributed by atoms with Gasteiger partial charge in [0.15, 0.2) is 0 Å². The van der Waals surface area contributed by atoms with Gasteiger partial charge in [-0.3, -0.25) is 0 Å². The zero-order valence-corrected chi connectivity index (χ0v) is 13.3. The molecular formula is C13H20N2O3S2. The van der Waals surface area contributed by atoms with Gasteiger partial charge in [0.1, 0.15) is 4.99 Å². The van der Waals surface area contributed by atoms with Crippen LogP contribution in [0.4, 0.5) is 0 Å². The highest BCUT2D eigenvalue weighted by molar-refractivity contribution is 7.89. The SMILES string of the molecule is CCN(CCCO)S(=O)(=O)c1ccc(C(N)=S)c(C)c1. The summed E-state index contributed by atoms with van der Waals surface area (Å²) in [5.74, 6) is 0. The van der Waals surface area contributed by atoms with E-state index in [-0.39, 0.29) is 16.5 Å². The Morgan fingerprint density at radius 1 is 1.45 bits per heavy atom. The lowest BCUT2D eigenvalue weighted by Gasteiger charge is -2.20. The number of hydrogen-bond donors (Lipinski definition) is 2. The van der Waals surface area contributed by atoms with Crippen LogP contribution < -0.4 is 5.73 Å². The van der Waals surface area contributed by atoms with Gasteiger partial charge in [0.2, 0.25) is 10.0 Å². The van der Waals surface area contributed by atoms with Gasteiger partial charge in [-0.2, -0.15) is 4.31 Å². The molecule has 0 aromatic heterocycles. The van der Waals surface area contributed by atoms with Crippen molar-refractivity contribution >= 4 is 27.2 Å². The van der Waals surface area contributed by atoms with E-state index in [0.29, 0.717) is 25.1 Å². The largest absolute Gasteiger partial charge is 0.396 e. The van der Waals surface area contributed by atoms with E-state index in [1.165, 1.54) is 10.4 Å². The maximum Gasteiger partial charge on any atom is 0.243 e. The number of aliphatic hydroxyl groups excluding tert-OH is 1. The third-order valence-corrected chi connectivity index (χ3v) is 5.21. The molecule has 5 nitrogen and oxygen atoms in total. The Kier molecular flexibility index (Phi) is 6.07. The molecule has 1 aromatic rings. The number of aryl methyl sites for hydroxylation is 1. The van der Waals surface area contributed by atoms with E-state index in [0.717, 1.165) is 5.56 Å². The summed E-state index contributed by atoms with van der Waals surface area (Å²) in [5.41, 5.74) is 6.98. The predicted octanol–water partition coefficient (Wildman–Crippen LogP) is 1.02. The van der Waals surface area contributed by atoms with Gasteiger partial charge in [-0.15, -0.1) is 0 Å². The minimum Gasteiger partial charge on any atom is -0.396 e. The van der Waals surface area contributed by atoms with Crippen LogP contribution in [0.2, 0.25) is 0 Å². The predicted molar refractivity (Wildman–Crippen MR) is 83.2 cm³/mol. The normalized spacial score (nSPS) is 11.8. The van der Waals surface area contributed by atoms with Gasteiger partial charge in [-0.1, -0.05) is 25.2 Å². The van der Waals surface area contributed by atoms with Crippen LogP contribution in [-0.4, -0.2) is 42.5 Å². The van der Waals surface area contributed by atoms with Crippen LogP contribution in [0.3, 0.4) is 0 Å². The second kappa shape index (κ2) is 7.12. The Labute approximate surface area is 125 Å². The summed E-state index contributed by atoms with van der Waals surface area (Å²) in [6, 6.07) is 4.72. The topological polar surface area (TPSA) is 83.6 Å². The smallest absolute Gasteiger partial charge is 0.243 e. The Morgan fingerprint density at radius 2 is 2.10 bits per heavy atom. The average molecular weight is 316 g/mol. The van der Waals surface area contributed by atoms with Crippen molar-refractivity contribution in [3.63, 3.8) is 0 Å². The van der Waals surface area contributed by atoms with E-state index in [4.69, 9.17) is 23.1 Å². The second-order valence-electron chi connectivity index (χ2n) is 4.41. The van der Waals surface area contributed by atoms with Gasteiger partial charge in [0, 0.05) is 25.3 Å². The molecule has 0 bridgehead atoms. The monoisotopic (exact) mass is 316 g/mol. The van der Waals surface area contributed by atoms with Crippen molar-refractivity contribution in [2.45, 2.75) is 25.2 Å². The number of sulfonamides is 1. The molecule has 0 aliphatic carbocycles. The summed E-state index contributed by atoms with van der Waals surface area (Å²) >= 11 is 4.91. The molecule has 20 heavy (non-hydrogen) atoms. The third-order valence-electron chi connectivity index (χ3n) is 3.02. The van der Waals surface area contributed by atoms with Crippen molar-refractivity contribution in [1.82, 2.24) is 4.31 Å². The quantitative estimate of drug-likeness (QED) is 0.734. The first-order valence-electron chi connectivity index (χ1n) is 6.36. The molecule has 0 aliphatic rings. The lowest BCUT2D eigenvalue weighted by molar-refractivity contribution is 0.271. The maximum absolute atomic E-state index is 12.5. The summed E-state index contributed by atoms with van der Waals surface area (Å²) in [5, 5.41) is 8.84. The molecule has 3 N–H and O–H groups in total. The zero-order chi connectivity index (χ0) is 15.3. The Bertz CT molecular complexity index is 585. The van der Waals surface area contributed by atoms with E-state index < -0.39 is 10.0 Å². The van der Waals surface area contributed by atoms with Gasteiger partial charge < -0.3 is 10.8 Å². The molecule has 112 valence electrons. The first-order chi connectivity index (χ1) is 9.34. The van der Waals surface area contributed by atoms with Crippen molar-refractivity contribution in [1.29, 1.82) is 0 Å². The first kappa shape index (κ1) is 17.0. The molecule has 7 heteroatoms. The molecule has 0 heterocycles. The fourth-order valence-electron chi connectivity index (χ4n) is 1.92. The number of hydrogen-bond acceptors (Lipinski definition) is 4. The van der Waals surface area contributed by atoms with E-state index >= 15 is 0 Å². The van der Waals surface area contributed by atoms with E-state index in [1.807, 2.05) is 0 Å². The van der Waals surface area contributed by atoms with Crippen molar-refractivity contribution in [3.8, 4) is 0 Å². The van der Waals surface area contributed by atoms with Gasteiger partial charge in [-0.25, -0.2) is 8.42 Å². The van der Waals surface area contributed by atoms with Crippen LogP contribution >= 0.6 is 12.2 Å².